The number of nitrogens with two attached hydrogens (primary N) is 1. The van der Waals surface area contributed by atoms with Crippen LogP contribution in [0.15, 0.2) is 0 Å². The van der Waals surface area contributed by atoms with Crippen LogP contribution in [0.1, 0.15) is 19.8 Å². The molecule has 0 aromatic carbocycles. The van der Waals surface area contributed by atoms with Crippen LogP contribution in [0, 0.1) is 0 Å². The first kappa shape index (κ1) is 7.95. The predicted molar refractivity (Wildman–Crippen MR) is 36.8 cm³/mol. The number of halogens is 1. The van der Waals surface area contributed by atoms with Crippen molar-refractivity contribution >= 4 is 21.8 Å². The number of amides is 1. The third-order valence-electron chi connectivity index (χ3n) is 0.789. The summed E-state index contributed by atoms with van der Waals surface area (Å²) >= 11 is 3.30. The number of hydrogen-bond donors (Lipinski definition) is 1. The van der Waals surface area contributed by atoms with E-state index in [0.717, 1.165) is 6.42 Å². The van der Waals surface area contributed by atoms with Crippen molar-refractivity contribution in [2.75, 3.05) is 0 Å². The first-order chi connectivity index (χ1) is 3.63. The number of rotatable bonds is 3. The Hall–Kier alpha value is -0.0500. The van der Waals surface area contributed by atoms with E-state index < -0.39 is 0 Å². The fraction of sp³-hybridized carbons (Fsp3) is 0.800. The number of hydrogen-bond acceptors (Lipinski definition) is 1. The minimum Gasteiger partial charge on any atom is -0.370 e. The fourth-order valence-corrected chi connectivity index (χ4v) is 0.570. The molecule has 48 valence electrons. The molecule has 1 atom stereocenters. The highest BCUT2D eigenvalue weighted by Gasteiger charge is 1.97. The van der Waals surface area contributed by atoms with E-state index in [-0.39, 0.29) is 5.91 Å². The van der Waals surface area contributed by atoms with Gasteiger partial charge in [-0.3, -0.25) is 4.79 Å². The molecule has 8 heavy (non-hydrogen) atoms. The molecule has 0 unspecified atom stereocenters. The molecular formula is C5H10BrNO. The Kier molecular flexibility index (Phi) is 3.87. The Morgan fingerprint density at radius 1 is 1.88 bits per heavy atom. The summed E-state index contributed by atoms with van der Waals surface area (Å²) in [7, 11) is 0. The summed E-state index contributed by atoms with van der Waals surface area (Å²) in [6.45, 7) is 1.99. The molecule has 2 nitrogen and oxygen atoms in total. The van der Waals surface area contributed by atoms with Crippen LogP contribution >= 0.6 is 15.9 Å². The molecule has 2 N–H and O–H groups in total. The van der Waals surface area contributed by atoms with Crippen LogP contribution in [0.4, 0.5) is 0 Å². The van der Waals surface area contributed by atoms with E-state index in [4.69, 9.17) is 5.73 Å². The first-order valence-electron chi connectivity index (χ1n) is 2.55. The van der Waals surface area contributed by atoms with E-state index in [1.165, 1.54) is 0 Å². The lowest BCUT2D eigenvalue weighted by molar-refractivity contribution is -0.118. The maximum atomic E-state index is 10.1. The second-order valence-corrected chi connectivity index (χ2v) is 3.35. The molecule has 0 radical (unpaired) electrons. The van der Waals surface area contributed by atoms with Crippen LogP contribution in [0.25, 0.3) is 0 Å². The number of primary amides is 1. The summed E-state index contributed by atoms with van der Waals surface area (Å²) in [6.07, 6.45) is 1.31. The van der Waals surface area contributed by atoms with Crippen LogP contribution < -0.4 is 5.73 Å². The van der Waals surface area contributed by atoms with Crippen molar-refractivity contribution in [2.45, 2.75) is 24.6 Å². The molecule has 1 amide bonds. The predicted octanol–water partition coefficient (Wildman–Crippen LogP) is 1.04. The molecule has 0 aliphatic rings. The third kappa shape index (κ3) is 5.95. The largest absolute Gasteiger partial charge is 0.370 e. The maximum absolute atomic E-state index is 10.1. The summed E-state index contributed by atoms with van der Waals surface area (Å²) in [6, 6.07) is 0. The SMILES string of the molecule is C[C@H](Br)CCC(N)=O. The Bertz CT molecular complexity index is 82.5. The molecule has 0 aromatic rings. The fourth-order valence-electron chi connectivity index (χ4n) is 0.341. The van der Waals surface area contributed by atoms with Crippen molar-refractivity contribution in [1.82, 2.24) is 0 Å². The molecule has 0 fully saturated rings. The summed E-state index contributed by atoms with van der Waals surface area (Å²) in [4.78, 5) is 10.5. The monoisotopic (exact) mass is 179 g/mol. The Balaban J connectivity index is 3.05. The third-order valence-corrected chi connectivity index (χ3v) is 1.25. The second-order valence-electron chi connectivity index (χ2n) is 1.79. The molecular weight excluding hydrogens is 170 g/mol. The van der Waals surface area contributed by atoms with Gasteiger partial charge in [0.1, 0.15) is 0 Å². The van der Waals surface area contributed by atoms with Gasteiger partial charge < -0.3 is 5.73 Å². The lowest BCUT2D eigenvalue weighted by atomic mass is 10.2. The quantitative estimate of drug-likeness (QED) is 0.647. The molecule has 0 bridgehead atoms. The maximum Gasteiger partial charge on any atom is 0.217 e. The van der Waals surface area contributed by atoms with Gasteiger partial charge in [0.05, 0.1) is 0 Å². The highest BCUT2D eigenvalue weighted by atomic mass is 79.9. The van der Waals surface area contributed by atoms with E-state index in [1.54, 1.807) is 0 Å². The van der Waals surface area contributed by atoms with Gasteiger partial charge >= 0.3 is 0 Å². The van der Waals surface area contributed by atoms with Gasteiger partial charge in [0.25, 0.3) is 0 Å². The van der Waals surface area contributed by atoms with E-state index in [0.29, 0.717) is 11.2 Å². The molecule has 0 saturated heterocycles. The normalized spacial score (nSPS) is 13.2. The number of alkyl halides is 1. The van der Waals surface area contributed by atoms with Crippen LogP contribution in [-0.4, -0.2) is 10.7 Å². The van der Waals surface area contributed by atoms with Crippen LogP contribution in [0.5, 0.6) is 0 Å². The molecule has 0 aliphatic carbocycles. The Morgan fingerprint density at radius 3 is 2.50 bits per heavy atom. The van der Waals surface area contributed by atoms with Gasteiger partial charge in [0, 0.05) is 11.2 Å². The summed E-state index contributed by atoms with van der Waals surface area (Å²) in [5, 5.41) is 0. The van der Waals surface area contributed by atoms with Crippen molar-refractivity contribution in [2.24, 2.45) is 5.73 Å². The van der Waals surface area contributed by atoms with E-state index in [1.807, 2.05) is 6.92 Å². The van der Waals surface area contributed by atoms with Crippen LogP contribution in [0.3, 0.4) is 0 Å². The van der Waals surface area contributed by atoms with Gasteiger partial charge in [-0.05, 0) is 6.42 Å². The van der Waals surface area contributed by atoms with Crippen molar-refractivity contribution in [1.29, 1.82) is 0 Å². The van der Waals surface area contributed by atoms with Crippen molar-refractivity contribution < 1.29 is 4.79 Å². The average molecular weight is 180 g/mol. The van der Waals surface area contributed by atoms with Gasteiger partial charge in [0.2, 0.25) is 5.91 Å². The zero-order valence-corrected chi connectivity index (χ0v) is 6.44. The Labute approximate surface area is 57.6 Å². The zero-order valence-electron chi connectivity index (χ0n) is 4.86. The molecule has 0 spiro atoms. The summed E-state index contributed by atoms with van der Waals surface area (Å²) in [5.74, 6) is -0.226. The smallest absolute Gasteiger partial charge is 0.217 e. The Morgan fingerprint density at radius 2 is 2.38 bits per heavy atom. The van der Waals surface area contributed by atoms with Gasteiger partial charge in [-0.2, -0.15) is 0 Å². The molecule has 0 saturated carbocycles. The molecule has 3 heteroatoms. The van der Waals surface area contributed by atoms with Crippen molar-refractivity contribution in [3.8, 4) is 0 Å². The molecule has 0 aliphatic heterocycles. The zero-order chi connectivity index (χ0) is 6.57. The lowest BCUT2D eigenvalue weighted by Gasteiger charge is -1.96. The van der Waals surface area contributed by atoms with Gasteiger partial charge in [-0.1, -0.05) is 22.9 Å². The number of carbonyl (C=O) groups excluding carboxylic acids is 1. The second kappa shape index (κ2) is 3.89. The van der Waals surface area contributed by atoms with Crippen molar-refractivity contribution in [3.63, 3.8) is 0 Å². The summed E-state index contributed by atoms with van der Waals surface area (Å²) < 4.78 is 0. The highest BCUT2D eigenvalue weighted by Crippen LogP contribution is 2.04. The van der Waals surface area contributed by atoms with E-state index in [2.05, 4.69) is 15.9 Å². The standard InChI is InChI=1S/C5H10BrNO/c1-4(6)2-3-5(7)8/h4H,2-3H2,1H3,(H2,7,8)/t4-/m0/s1. The van der Waals surface area contributed by atoms with Gasteiger partial charge in [0.15, 0.2) is 0 Å². The first-order valence-corrected chi connectivity index (χ1v) is 3.47. The minimum absolute atomic E-state index is 0.226. The summed E-state index contributed by atoms with van der Waals surface area (Å²) in [5.41, 5.74) is 4.88. The van der Waals surface area contributed by atoms with Crippen molar-refractivity contribution in [3.05, 3.63) is 0 Å². The van der Waals surface area contributed by atoms with Gasteiger partial charge in [-0.15, -0.1) is 0 Å². The van der Waals surface area contributed by atoms with E-state index >= 15 is 0 Å². The average Bonchev–Trinajstić information content (AvgIpc) is 1.61. The van der Waals surface area contributed by atoms with Crippen LogP contribution in [0.2, 0.25) is 0 Å². The molecule has 0 heterocycles. The molecule has 0 aromatic heterocycles. The minimum atomic E-state index is -0.226. The molecule has 0 rings (SSSR count). The van der Waals surface area contributed by atoms with E-state index in [9.17, 15) is 4.79 Å². The van der Waals surface area contributed by atoms with Crippen LogP contribution in [-0.2, 0) is 4.79 Å². The lowest BCUT2D eigenvalue weighted by Crippen LogP contribution is -2.11. The van der Waals surface area contributed by atoms with Gasteiger partial charge in [-0.25, -0.2) is 0 Å². The number of carbonyl (C=O) groups is 1. The highest BCUT2D eigenvalue weighted by molar-refractivity contribution is 9.09. The topological polar surface area (TPSA) is 43.1 Å².